The minimum Gasteiger partial charge on any atom is -0.340 e. The molecule has 0 aliphatic heterocycles. The Morgan fingerprint density at radius 2 is 1.87 bits per heavy atom. The molecule has 23 heavy (non-hydrogen) atoms. The number of hydrogen-bond donors (Lipinski definition) is 1. The van der Waals surface area contributed by atoms with Gasteiger partial charge in [-0.25, -0.2) is 18.7 Å². The monoisotopic (exact) mass is 338 g/mol. The lowest BCUT2D eigenvalue weighted by atomic mass is 10.1. The lowest BCUT2D eigenvalue weighted by molar-refractivity contribution is 0.140. The summed E-state index contributed by atoms with van der Waals surface area (Å²) >= 11 is 6.06. The van der Waals surface area contributed by atoms with Crippen LogP contribution in [0.25, 0.3) is 0 Å². The standard InChI is InChI=1S/C16H17ClF2N4/c1-16(2,3)23-14(21-10-7-5-4-6-8-10)11-9-20-15(13(18)19)22-12(11)17/h4-9,13H,1-3H3,(H,21,23). The summed E-state index contributed by atoms with van der Waals surface area (Å²) in [4.78, 5) is 11.9. The number of alkyl halides is 2. The molecule has 1 aromatic heterocycles. The van der Waals surface area contributed by atoms with Gasteiger partial charge in [0.1, 0.15) is 11.0 Å². The molecular formula is C16H17ClF2N4. The van der Waals surface area contributed by atoms with Crippen LogP contribution in [0.3, 0.4) is 0 Å². The summed E-state index contributed by atoms with van der Waals surface area (Å²) in [6.07, 6.45) is -1.51. The number of anilines is 1. The van der Waals surface area contributed by atoms with Crippen LogP contribution in [-0.2, 0) is 0 Å². The van der Waals surface area contributed by atoms with E-state index in [-0.39, 0.29) is 5.15 Å². The number of aromatic nitrogens is 2. The van der Waals surface area contributed by atoms with Gasteiger partial charge in [0, 0.05) is 11.9 Å². The molecule has 0 bridgehead atoms. The van der Waals surface area contributed by atoms with E-state index in [1.165, 1.54) is 6.20 Å². The van der Waals surface area contributed by atoms with Crippen LogP contribution >= 0.6 is 11.6 Å². The van der Waals surface area contributed by atoms with E-state index in [2.05, 4.69) is 20.3 Å². The highest BCUT2D eigenvalue weighted by molar-refractivity contribution is 6.33. The van der Waals surface area contributed by atoms with Crippen LogP contribution in [0.2, 0.25) is 5.15 Å². The predicted octanol–water partition coefficient (Wildman–Crippen LogP) is 4.72. The molecule has 0 fully saturated rings. The van der Waals surface area contributed by atoms with Gasteiger partial charge < -0.3 is 5.32 Å². The average Bonchev–Trinajstić information content (AvgIpc) is 2.46. The smallest absolute Gasteiger partial charge is 0.297 e. The van der Waals surface area contributed by atoms with Gasteiger partial charge in [0.15, 0.2) is 5.82 Å². The Hall–Kier alpha value is -2.08. The van der Waals surface area contributed by atoms with Crippen molar-refractivity contribution in [2.45, 2.75) is 32.7 Å². The zero-order chi connectivity index (χ0) is 17.0. The number of hydrogen-bond acceptors (Lipinski definition) is 3. The Morgan fingerprint density at radius 1 is 1.22 bits per heavy atom. The summed E-state index contributed by atoms with van der Waals surface area (Å²) in [5.41, 5.74) is 0.765. The van der Waals surface area contributed by atoms with Gasteiger partial charge in [-0.2, -0.15) is 0 Å². The van der Waals surface area contributed by atoms with E-state index >= 15 is 0 Å². The molecule has 1 N–H and O–H groups in total. The third kappa shape index (κ3) is 4.96. The average molecular weight is 339 g/mol. The molecule has 0 amide bonds. The molecule has 0 saturated heterocycles. The topological polar surface area (TPSA) is 50.2 Å². The van der Waals surface area contributed by atoms with Crippen LogP contribution in [0.1, 0.15) is 38.6 Å². The zero-order valence-corrected chi connectivity index (χ0v) is 13.8. The van der Waals surface area contributed by atoms with Crippen molar-refractivity contribution in [2.75, 3.05) is 5.32 Å². The summed E-state index contributed by atoms with van der Waals surface area (Å²) in [7, 11) is 0. The maximum atomic E-state index is 12.7. The molecule has 122 valence electrons. The fourth-order valence-electron chi connectivity index (χ4n) is 1.79. The first kappa shape index (κ1) is 17.3. The van der Waals surface area contributed by atoms with Gasteiger partial charge in [0.25, 0.3) is 6.43 Å². The quantitative estimate of drug-likeness (QED) is 0.500. The maximum Gasteiger partial charge on any atom is 0.297 e. The van der Waals surface area contributed by atoms with E-state index in [1.807, 2.05) is 51.1 Å². The number of benzene rings is 1. The highest BCUT2D eigenvalue weighted by Crippen LogP contribution is 2.22. The van der Waals surface area contributed by atoms with Crippen LogP contribution in [0, 0.1) is 0 Å². The van der Waals surface area contributed by atoms with Crippen LogP contribution < -0.4 is 5.32 Å². The second-order valence-electron chi connectivity index (χ2n) is 5.86. The number of rotatable bonds is 3. The number of nitrogens with one attached hydrogen (secondary N) is 1. The van der Waals surface area contributed by atoms with Gasteiger partial charge >= 0.3 is 0 Å². The molecule has 0 aliphatic carbocycles. The van der Waals surface area contributed by atoms with Crippen LogP contribution in [0.4, 0.5) is 14.5 Å². The highest BCUT2D eigenvalue weighted by Gasteiger charge is 2.19. The molecule has 1 heterocycles. The minimum atomic E-state index is -2.77. The Balaban J connectivity index is 2.44. The van der Waals surface area contributed by atoms with E-state index in [4.69, 9.17) is 11.6 Å². The number of amidine groups is 1. The molecule has 0 radical (unpaired) electrons. The van der Waals surface area contributed by atoms with Crippen molar-refractivity contribution in [3.8, 4) is 0 Å². The van der Waals surface area contributed by atoms with E-state index in [1.54, 1.807) is 0 Å². The van der Waals surface area contributed by atoms with Crippen LogP contribution in [0.15, 0.2) is 41.5 Å². The Morgan fingerprint density at radius 3 is 2.39 bits per heavy atom. The number of nitrogens with zero attached hydrogens (tertiary/aromatic N) is 3. The molecule has 0 atom stereocenters. The van der Waals surface area contributed by atoms with Crippen molar-refractivity contribution in [1.82, 2.24) is 9.97 Å². The second-order valence-corrected chi connectivity index (χ2v) is 6.21. The first-order chi connectivity index (χ1) is 10.8. The summed E-state index contributed by atoms with van der Waals surface area (Å²) in [6, 6.07) is 9.35. The molecule has 7 heteroatoms. The van der Waals surface area contributed by atoms with Crippen LogP contribution in [-0.4, -0.2) is 21.3 Å². The van der Waals surface area contributed by atoms with E-state index in [9.17, 15) is 8.78 Å². The van der Waals surface area contributed by atoms with Gasteiger partial charge in [-0.05, 0) is 32.9 Å². The number of halogens is 3. The molecule has 2 rings (SSSR count). The summed E-state index contributed by atoms with van der Waals surface area (Å²) in [6.45, 7) is 5.76. The summed E-state index contributed by atoms with van der Waals surface area (Å²) < 4.78 is 25.3. The Kier molecular flexibility index (Phi) is 5.26. The zero-order valence-electron chi connectivity index (χ0n) is 13.0. The molecule has 1 aromatic carbocycles. The lowest BCUT2D eigenvalue weighted by Gasteiger charge is -2.18. The normalized spacial score (nSPS) is 12.6. The molecule has 0 saturated carbocycles. The third-order valence-electron chi connectivity index (χ3n) is 2.69. The van der Waals surface area contributed by atoms with Gasteiger partial charge in [-0.1, -0.05) is 29.8 Å². The second kappa shape index (κ2) is 7.00. The van der Waals surface area contributed by atoms with Crippen molar-refractivity contribution in [3.63, 3.8) is 0 Å². The first-order valence-electron chi connectivity index (χ1n) is 6.99. The van der Waals surface area contributed by atoms with E-state index in [0.717, 1.165) is 5.69 Å². The van der Waals surface area contributed by atoms with E-state index < -0.39 is 17.8 Å². The van der Waals surface area contributed by atoms with Crippen molar-refractivity contribution >= 4 is 23.1 Å². The van der Waals surface area contributed by atoms with Crippen molar-refractivity contribution in [3.05, 3.63) is 53.1 Å². The third-order valence-corrected chi connectivity index (χ3v) is 2.98. The highest BCUT2D eigenvalue weighted by atomic mass is 35.5. The fraction of sp³-hybridized carbons (Fsp3) is 0.312. The van der Waals surface area contributed by atoms with Crippen LogP contribution in [0.5, 0.6) is 0 Å². The Labute approximate surface area is 138 Å². The van der Waals surface area contributed by atoms with Gasteiger partial charge in [0.05, 0.1) is 11.1 Å². The SMILES string of the molecule is CC(C)(C)N=C(Nc1ccccc1)c1cnc(C(F)F)nc1Cl. The van der Waals surface area contributed by atoms with Crippen molar-refractivity contribution < 1.29 is 8.78 Å². The minimum absolute atomic E-state index is 0.0678. The molecule has 4 nitrogen and oxygen atoms in total. The first-order valence-corrected chi connectivity index (χ1v) is 7.37. The fourth-order valence-corrected chi connectivity index (χ4v) is 2.01. The Bertz CT molecular complexity index is 697. The van der Waals surface area contributed by atoms with Crippen molar-refractivity contribution in [1.29, 1.82) is 0 Å². The predicted molar refractivity (Wildman–Crippen MR) is 88.4 cm³/mol. The molecular weight excluding hydrogens is 322 g/mol. The summed E-state index contributed by atoms with van der Waals surface area (Å²) in [5, 5.41) is 3.07. The van der Waals surface area contributed by atoms with Gasteiger partial charge in [-0.15, -0.1) is 0 Å². The number of aliphatic imine (C=N–C) groups is 1. The molecule has 0 spiro atoms. The molecule has 0 unspecified atom stereocenters. The maximum absolute atomic E-state index is 12.7. The van der Waals surface area contributed by atoms with Gasteiger partial charge in [0.2, 0.25) is 0 Å². The molecule has 0 aliphatic rings. The summed E-state index contributed by atoms with van der Waals surface area (Å²) in [5.74, 6) is -0.178. The van der Waals surface area contributed by atoms with Gasteiger partial charge in [-0.3, -0.25) is 4.99 Å². The molecule has 2 aromatic rings. The van der Waals surface area contributed by atoms with Crippen molar-refractivity contribution in [2.24, 2.45) is 4.99 Å². The largest absolute Gasteiger partial charge is 0.340 e. The number of para-hydroxylation sites is 1. The lowest BCUT2D eigenvalue weighted by Crippen LogP contribution is -2.22. The van der Waals surface area contributed by atoms with E-state index in [0.29, 0.717) is 11.4 Å².